The number of hydrogen-bond donors (Lipinski definition) is 2. The lowest BCUT2D eigenvalue weighted by Gasteiger charge is -2.33. The van der Waals surface area contributed by atoms with E-state index in [0.717, 1.165) is 18.8 Å². The zero-order valence-corrected chi connectivity index (χ0v) is 10.4. The minimum atomic E-state index is -0.301. The van der Waals surface area contributed by atoms with Gasteiger partial charge < -0.3 is 15.8 Å². The van der Waals surface area contributed by atoms with Gasteiger partial charge in [0, 0.05) is 32.2 Å². The Kier molecular flexibility index (Phi) is 4.11. The summed E-state index contributed by atoms with van der Waals surface area (Å²) in [6.45, 7) is 2.84. The molecule has 0 aliphatic carbocycles. The van der Waals surface area contributed by atoms with Crippen LogP contribution in [0.3, 0.4) is 0 Å². The van der Waals surface area contributed by atoms with Gasteiger partial charge in [0.15, 0.2) is 0 Å². The van der Waals surface area contributed by atoms with E-state index in [-0.39, 0.29) is 11.9 Å². The van der Waals surface area contributed by atoms with E-state index in [1.165, 1.54) is 0 Å². The van der Waals surface area contributed by atoms with Crippen molar-refractivity contribution in [3.63, 3.8) is 0 Å². The number of amides is 1. The Balaban J connectivity index is 2.08. The summed E-state index contributed by atoms with van der Waals surface area (Å²) in [6, 6.07) is 5.34. The fourth-order valence-electron chi connectivity index (χ4n) is 2.08. The number of nitrogens with one attached hydrogen (secondary N) is 1. The molecule has 1 saturated heterocycles. The lowest BCUT2D eigenvalue weighted by atomic mass is 10.1. The number of carbonyl (C=O) groups excluding carboxylic acids is 1. The summed E-state index contributed by atoms with van der Waals surface area (Å²) < 4.78 is 5.08. The number of pyridine rings is 1. The van der Waals surface area contributed by atoms with E-state index in [1.807, 2.05) is 17.0 Å². The van der Waals surface area contributed by atoms with Crippen molar-refractivity contribution >= 4 is 5.91 Å². The molecule has 6 heteroatoms. The number of piperazine rings is 1. The number of ether oxygens (including phenoxy) is 1. The molecule has 2 rings (SSSR count). The van der Waals surface area contributed by atoms with E-state index in [1.54, 1.807) is 13.2 Å². The summed E-state index contributed by atoms with van der Waals surface area (Å²) in [5.41, 5.74) is 6.28. The molecule has 18 heavy (non-hydrogen) atoms. The van der Waals surface area contributed by atoms with Gasteiger partial charge in [-0.3, -0.25) is 9.69 Å². The van der Waals surface area contributed by atoms with E-state index in [0.29, 0.717) is 19.0 Å². The number of nitrogens with two attached hydrogens (primary N) is 1. The molecule has 1 atom stereocenters. The fraction of sp³-hybridized carbons (Fsp3) is 0.500. The van der Waals surface area contributed by atoms with Crippen molar-refractivity contribution in [2.24, 2.45) is 5.73 Å². The minimum absolute atomic E-state index is 0.272. The Morgan fingerprint density at radius 3 is 3.22 bits per heavy atom. The third kappa shape index (κ3) is 2.96. The molecule has 2 heterocycles. The fourth-order valence-corrected chi connectivity index (χ4v) is 2.08. The van der Waals surface area contributed by atoms with Crippen LogP contribution in [0.4, 0.5) is 0 Å². The normalized spacial score (nSPS) is 20.6. The Morgan fingerprint density at radius 2 is 2.50 bits per heavy atom. The smallest absolute Gasteiger partial charge is 0.236 e. The summed E-state index contributed by atoms with van der Waals surface area (Å²) in [4.78, 5) is 17.8. The Morgan fingerprint density at radius 1 is 1.67 bits per heavy atom. The second-order valence-electron chi connectivity index (χ2n) is 4.26. The second-order valence-corrected chi connectivity index (χ2v) is 4.26. The molecule has 98 valence electrons. The van der Waals surface area contributed by atoms with Gasteiger partial charge in [-0.1, -0.05) is 6.07 Å². The van der Waals surface area contributed by atoms with Gasteiger partial charge in [0.05, 0.1) is 12.8 Å². The van der Waals surface area contributed by atoms with Crippen LogP contribution in [0.2, 0.25) is 0 Å². The molecule has 1 amide bonds. The first kappa shape index (κ1) is 12.8. The maximum Gasteiger partial charge on any atom is 0.236 e. The summed E-state index contributed by atoms with van der Waals surface area (Å²) in [7, 11) is 1.59. The molecule has 1 aromatic rings. The molecule has 0 saturated carbocycles. The van der Waals surface area contributed by atoms with Gasteiger partial charge in [0.25, 0.3) is 0 Å². The number of rotatable bonds is 4. The SMILES string of the molecule is COc1cccc(CN2CCNCC2C(N)=O)n1. The largest absolute Gasteiger partial charge is 0.481 e. The van der Waals surface area contributed by atoms with Crippen molar-refractivity contribution < 1.29 is 9.53 Å². The van der Waals surface area contributed by atoms with Crippen LogP contribution in [0.15, 0.2) is 18.2 Å². The van der Waals surface area contributed by atoms with Crippen LogP contribution in [0, 0.1) is 0 Å². The topological polar surface area (TPSA) is 80.5 Å². The van der Waals surface area contributed by atoms with Crippen LogP contribution in [0.25, 0.3) is 0 Å². The van der Waals surface area contributed by atoms with Gasteiger partial charge in [0.2, 0.25) is 11.8 Å². The Hall–Kier alpha value is -1.66. The number of carbonyl (C=O) groups is 1. The molecule has 0 bridgehead atoms. The summed E-state index contributed by atoms with van der Waals surface area (Å²) in [5, 5.41) is 3.17. The molecular formula is C12H18N4O2. The second kappa shape index (κ2) is 5.79. The van der Waals surface area contributed by atoms with E-state index in [2.05, 4.69) is 10.3 Å². The van der Waals surface area contributed by atoms with Crippen molar-refractivity contribution in [1.29, 1.82) is 0 Å². The summed E-state index contributed by atoms with van der Waals surface area (Å²) in [6.07, 6.45) is 0. The number of methoxy groups -OCH3 is 1. The monoisotopic (exact) mass is 250 g/mol. The van der Waals surface area contributed by atoms with Crippen LogP contribution in [0.5, 0.6) is 5.88 Å². The molecule has 0 aromatic carbocycles. The van der Waals surface area contributed by atoms with Crippen LogP contribution >= 0.6 is 0 Å². The molecule has 3 N–H and O–H groups in total. The van der Waals surface area contributed by atoms with Crippen LogP contribution < -0.4 is 15.8 Å². The molecule has 6 nitrogen and oxygen atoms in total. The molecule has 0 radical (unpaired) electrons. The van der Waals surface area contributed by atoms with Gasteiger partial charge in [-0.25, -0.2) is 4.98 Å². The van der Waals surface area contributed by atoms with Crippen LogP contribution in [-0.4, -0.2) is 48.6 Å². The van der Waals surface area contributed by atoms with Crippen LogP contribution in [0.1, 0.15) is 5.69 Å². The number of hydrogen-bond acceptors (Lipinski definition) is 5. The molecule has 1 unspecified atom stereocenters. The highest BCUT2D eigenvalue weighted by molar-refractivity contribution is 5.80. The Bertz CT molecular complexity index is 424. The van der Waals surface area contributed by atoms with E-state index in [9.17, 15) is 4.79 Å². The lowest BCUT2D eigenvalue weighted by molar-refractivity contribution is -0.124. The quantitative estimate of drug-likeness (QED) is 0.742. The average molecular weight is 250 g/mol. The van der Waals surface area contributed by atoms with E-state index in [4.69, 9.17) is 10.5 Å². The highest BCUT2D eigenvalue weighted by Gasteiger charge is 2.26. The van der Waals surface area contributed by atoms with Gasteiger partial charge >= 0.3 is 0 Å². The first-order chi connectivity index (χ1) is 8.70. The molecule has 1 aliphatic heterocycles. The molecule has 1 fully saturated rings. The predicted molar refractivity (Wildman–Crippen MR) is 67.1 cm³/mol. The van der Waals surface area contributed by atoms with Gasteiger partial charge in [-0.05, 0) is 6.07 Å². The molecule has 0 spiro atoms. The van der Waals surface area contributed by atoms with Crippen molar-refractivity contribution in [1.82, 2.24) is 15.2 Å². The number of primary amides is 1. The molecular weight excluding hydrogens is 232 g/mol. The lowest BCUT2D eigenvalue weighted by Crippen LogP contribution is -2.56. The Labute approximate surface area is 106 Å². The average Bonchev–Trinajstić information content (AvgIpc) is 2.39. The zero-order valence-electron chi connectivity index (χ0n) is 10.4. The van der Waals surface area contributed by atoms with E-state index < -0.39 is 0 Å². The van der Waals surface area contributed by atoms with Gasteiger partial charge in [-0.2, -0.15) is 0 Å². The first-order valence-corrected chi connectivity index (χ1v) is 5.94. The van der Waals surface area contributed by atoms with Gasteiger partial charge in [-0.15, -0.1) is 0 Å². The maximum absolute atomic E-state index is 11.4. The maximum atomic E-state index is 11.4. The molecule has 1 aromatic heterocycles. The zero-order chi connectivity index (χ0) is 13.0. The first-order valence-electron chi connectivity index (χ1n) is 5.94. The summed E-state index contributed by atoms with van der Waals surface area (Å²) >= 11 is 0. The van der Waals surface area contributed by atoms with Crippen molar-refractivity contribution in [3.05, 3.63) is 23.9 Å². The van der Waals surface area contributed by atoms with Crippen molar-refractivity contribution in [2.75, 3.05) is 26.7 Å². The van der Waals surface area contributed by atoms with Crippen LogP contribution in [-0.2, 0) is 11.3 Å². The predicted octanol–water partition coefficient (Wildman–Crippen LogP) is -0.651. The van der Waals surface area contributed by atoms with E-state index >= 15 is 0 Å². The highest BCUT2D eigenvalue weighted by atomic mass is 16.5. The molecule has 1 aliphatic rings. The van der Waals surface area contributed by atoms with Crippen molar-refractivity contribution in [2.45, 2.75) is 12.6 Å². The standard InChI is InChI=1S/C12H18N4O2/c1-18-11-4-2-3-9(15-11)8-16-6-5-14-7-10(16)12(13)17/h2-4,10,14H,5-8H2,1H3,(H2,13,17). The summed E-state index contributed by atoms with van der Waals surface area (Å²) in [5.74, 6) is 0.281. The number of nitrogens with zero attached hydrogens (tertiary/aromatic N) is 2. The van der Waals surface area contributed by atoms with Gasteiger partial charge in [0.1, 0.15) is 6.04 Å². The number of aromatic nitrogens is 1. The highest BCUT2D eigenvalue weighted by Crippen LogP contribution is 2.12. The minimum Gasteiger partial charge on any atom is -0.481 e. The third-order valence-corrected chi connectivity index (χ3v) is 3.04. The van der Waals surface area contributed by atoms with Crippen molar-refractivity contribution in [3.8, 4) is 5.88 Å². The third-order valence-electron chi connectivity index (χ3n) is 3.04.